The summed E-state index contributed by atoms with van der Waals surface area (Å²) in [7, 11) is 0. The van der Waals surface area contributed by atoms with Crippen LogP contribution in [0.25, 0.3) is 28.2 Å². The number of carbonyl (C=O) groups is 3. The van der Waals surface area contributed by atoms with Crippen LogP contribution in [0.5, 0.6) is 11.5 Å². The van der Waals surface area contributed by atoms with Crippen LogP contribution in [0.3, 0.4) is 0 Å². The minimum Gasteiger partial charge on any atom is -0.485 e. The normalized spacial score (nSPS) is 18.5. The van der Waals surface area contributed by atoms with Gasteiger partial charge in [0.05, 0.1) is 20.9 Å². The fourth-order valence-corrected chi connectivity index (χ4v) is 9.91. The van der Waals surface area contributed by atoms with Crippen LogP contribution in [0.1, 0.15) is 83.4 Å². The average molecular weight is 754 g/mol. The van der Waals surface area contributed by atoms with E-state index in [2.05, 4.69) is 102 Å². The second-order valence-corrected chi connectivity index (χ2v) is 15.6. The van der Waals surface area contributed by atoms with Crippen molar-refractivity contribution in [3.8, 4) is 21.9 Å². The van der Waals surface area contributed by atoms with Gasteiger partial charge in [0, 0.05) is 34.5 Å². The van der Waals surface area contributed by atoms with E-state index in [1.807, 2.05) is 12.1 Å². The second-order valence-electron chi connectivity index (χ2n) is 14.6. The SMILES string of the molecule is O=C(O)c1ccc2c(c1)C(=O)/C(=C/c1sc(-c3ccc4c(c3)C3CCCC3N4c3ccc(C=C(c4ccccc4)c4ccccc4)cc3)c3c1OCCO3)C2=O. The van der Waals surface area contributed by atoms with E-state index < -0.39 is 17.5 Å². The van der Waals surface area contributed by atoms with Gasteiger partial charge in [0.25, 0.3) is 0 Å². The van der Waals surface area contributed by atoms with Crippen LogP contribution in [-0.4, -0.2) is 41.9 Å². The number of hydrogen-bond donors (Lipinski definition) is 1. The molecule has 0 bridgehead atoms. The van der Waals surface area contributed by atoms with Gasteiger partial charge in [-0.15, -0.1) is 11.3 Å². The molecule has 1 N–H and O–H groups in total. The zero-order chi connectivity index (χ0) is 37.9. The largest absolute Gasteiger partial charge is 0.485 e. The van der Waals surface area contributed by atoms with E-state index in [-0.39, 0.29) is 22.3 Å². The lowest BCUT2D eigenvalue weighted by molar-refractivity contribution is 0.0696. The van der Waals surface area contributed by atoms with Gasteiger partial charge in [-0.2, -0.15) is 0 Å². The minimum absolute atomic E-state index is 0.0106. The van der Waals surface area contributed by atoms with Crippen LogP contribution >= 0.6 is 11.3 Å². The lowest BCUT2D eigenvalue weighted by Gasteiger charge is -2.27. The second kappa shape index (κ2) is 13.7. The van der Waals surface area contributed by atoms with Crippen molar-refractivity contribution in [2.24, 2.45) is 0 Å². The summed E-state index contributed by atoms with van der Waals surface area (Å²) >= 11 is 1.43. The Morgan fingerprint density at radius 2 is 1.43 bits per heavy atom. The number of thiophene rings is 1. The van der Waals surface area contributed by atoms with Crippen LogP contribution in [0, 0.1) is 0 Å². The molecule has 274 valence electrons. The number of benzene rings is 5. The Labute approximate surface area is 327 Å². The number of Topliss-reactive ketones (excluding diaryl/α,β-unsaturated/α-hetero) is 2. The maximum absolute atomic E-state index is 13.4. The van der Waals surface area contributed by atoms with Crippen molar-refractivity contribution in [1.29, 1.82) is 0 Å². The first-order valence-corrected chi connectivity index (χ1v) is 19.7. The molecule has 5 aromatic carbocycles. The first-order chi connectivity index (χ1) is 27.4. The molecule has 2 aliphatic heterocycles. The van der Waals surface area contributed by atoms with E-state index in [1.165, 1.54) is 63.2 Å². The Morgan fingerprint density at radius 3 is 2.14 bits per heavy atom. The van der Waals surface area contributed by atoms with Crippen molar-refractivity contribution in [2.75, 3.05) is 18.1 Å². The van der Waals surface area contributed by atoms with Gasteiger partial charge in [-0.3, -0.25) is 9.59 Å². The fourth-order valence-electron chi connectivity index (χ4n) is 8.78. The number of ether oxygens (including phenoxy) is 2. The highest BCUT2D eigenvalue weighted by molar-refractivity contribution is 7.17. The summed E-state index contributed by atoms with van der Waals surface area (Å²) in [4.78, 5) is 42.4. The molecule has 1 aromatic heterocycles. The number of allylic oxidation sites excluding steroid dienone is 1. The maximum Gasteiger partial charge on any atom is 0.335 e. The van der Waals surface area contributed by atoms with Gasteiger partial charge in [-0.1, -0.05) is 85.3 Å². The molecular weight excluding hydrogens is 719 g/mol. The van der Waals surface area contributed by atoms with Crippen LogP contribution < -0.4 is 14.4 Å². The summed E-state index contributed by atoms with van der Waals surface area (Å²) in [5.74, 6) is -0.547. The van der Waals surface area contributed by atoms with Crippen LogP contribution in [0.15, 0.2) is 127 Å². The number of hydrogen-bond acceptors (Lipinski definition) is 7. The van der Waals surface area contributed by atoms with E-state index in [4.69, 9.17) is 9.47 Å². The van der Waals surface area contributed by atoms with Gasteiger partial charge < -0.3 is 19.5 Å². The van der Waals surface area contributed by atoms with Crippen LogP contribution in [0.2, 0.25) is 0 Å². The average Bonchev–Trinajstić information content (AvgIpc) is 3.99. The Balaban J connectivity index is 0.986. The molecule has 0 spiro atoms. The molecule has 0 amide bonds. The Kier molecular flexibility index (Phi) is 8.29. The van der Waals surface area contributed by atoms with Crippen molar-refractivity contribution in [2.45, 2.75) is 31.2 Å². The molecule has 6 aromatic rings. The molecule has 3 heterocycles. The third-order valence-corrected chi connectivity index (χ3v) is 12.5. The fraction of sp³-hybridized carbons (Fsp3) is 0.146. The highest BCUT2D eigenvalue weighted by Crippen LogP contribution is 2.56. The van der Waals surface area contributed by atoms with Gasteiger partial charge >= 0.3 is 5.97 Å². The van der Waals surface area contributed by atoms with Crippen LogP contribution in [0.4, 0.5) is 11.4 Å². The number of aromatic carboxylic acids is 1. The Morgan fingerprint density at radius 1 is 0.732 bits per heavy atom. The molecule has 1 saturated carbocycles. The molecule has 1 fully saturated rings. The van der Waals surface area contributed by atoms with Gasteiger partial charge in [0.1, 0.15) is 13.2 Å². The van der Waals surface area contributed by atoms with Crippen molar-refractivity contribution < 1.29 is 29.0 Å². The zero-order valence-electron chi connectivity index (χ0n) is 30.2. The van der Waals surface area contributed by atoms with E-state index in [0.717, 1.165) is 35.3 Å². The zero-order valence-corrected chi connectivity index (χ0v) is 31.1. The van der Waals surface area contributed by atoms with Crippen molar-refractivity contribution in [3.05, 3.63) is 171 Å². The van der Waals surface area contributed by atoms with Gasteiger partial charge in [-0.25, -0.2) is 4.79 Å². The molecule has 8 heteroatoms. The summed E-state index contributed by atoms with van der Waals surface area (Å²) in [6.45, 7) is 0.738. The standard InChI is InChI=1S/C48H35NO6S/c50-43-35-20-16-32(48(52)53)26-38(35)44(51)39(43)27-42-45-46(55-23-22-54-45)47(56-42)31-17-21-41-37(25-31)34-12-7-13-40(34)49(41)33-18-14-28(15-19-33)24-36(29-8-3-1-4-9-29)30-10-5-2-6-11-30/h1-6,8-11,14-21,24-27,34,40H,7,12-13,22-23H2,(H,52,53)/b39-27+. The summed E-state index contributed by atoms with van der Waals surface area (Å²) < 4.78 is 12.3. The summed E-state index contributed by atoms with van der Waals surface area (Å²) in [5.41, 5.74) is 9.64. The number of anilines is 2. The third kappa shape index (κ3) is 5.67. The molecule has 7 nitrogen and oxygen atoms in total. The highest BCUT2D eigenvalue weighted by Gasteiger charge is 2.42. The van der Waals surface area contributed by atoms with E-state index in [9.17, 15) is 19.5 Å². The number of carbonyl (C=O) groups excluding carboxylic acids is 2. The van der Waals surface area contributed by atoms with Gasteiger partial charge in [-0.05, 0) is 101 Å². The summed E-state index contributed by atoms with van der Waals surface area (Å²) in [5, 5.41) is 9.45. The van der Waals surface area contributed by atoms with Gasteiger partial charge in [0.2, 0.25) is 0 Å². The Bertz CT molecular complexity index is 2600. The summed E-state index contributed by atoms with van der Waals surface area (Å²) in [6, 6.07) is 41.0. The van der Waals surface area contributed by atoms with Crippen molar-refractivity contribution in [3.63, 3.8) is 0 Å². The van der Waals surface area contributed by atoms with E-state index in [0.29, 0.717) is 41.5 Å². The third-order valence-electron chi connectivity index (χ3n) is 11.4. The topological polar surface area (TPSA) is 93.1 Å². The molecule has 2 aliphatic carbocycles. The van der Waals surface area contributed by atoms with Crippen LogP contribution in [-0.2, 0) is 0 Å². The molecular formula is C48H35NO6S. The molecule has 0 radical (unpaired) electrons. The number of rotatable bonds is 7. The highest BCUT2D eigenvalue weighted by atomic mass is 32.1. The molecule has 4 aliphatic rings. The number of nitrogens with zero attached hydrogens (tertiary/aromatic N) is 1. The Hall–Kier alpha value is -6.51. The van der Waals surface area contributed by atoms with E-state index in [1.54, 1.807) is 6.08 Å². The number of fused-ring (bicyclic) bond motifs is 5. The van der Waals surface area contributed by atoms with E-state index >= 15 is 0 Å². The first kappa shape index (κ1) is 34.0. The monoisotopic (exact) mass is 753 g/mol. The number of ketones is 2. The quantitative estimate of drug-likeness (QED) is 0.0985. The van der Waals surface area contributed by atoms with Crippen molar-refractivity contribution in [1.82, 2.24) is 0 Å². The number of carboxylic acid groups (broad SMARTS) is 1. The first-order valence-electron chi connectivity index (χ1n) is 18.9. The number of carboxylic acids is 1. The summed E-state index contributed by atoms with van der Waals surface area (Å²) in [6.07, 6.45) is 7.24. The molecule has 2 atom stereocenters. The molecule has 2 unspecified atom stereocenters. The maximum atomic E-state index is 13.4. The lowest BCUT2D eigenvalue weighted by Crippen LogP contribution is -2.26. The predicted octanol–water partition coefficient (Wildman–Crippen LogP) is 10.7. The van der Waals surface area contributed by atoms with Gasteiger partial charge in [0.15, 0.2) is 23.1 Å². The van der Waals surface area contributed by atoms with Crippen molar-refractivity contribution >= 4 is 58.0 Å². The minimum atomic E-state index is -1.16. The lowest BCUT2D eigenvalue weighted by atomic mass is 9.95. The smallest absolute Gasteiger partial charge is 0.335 e. The molecule has 10 rings (SSSR count). The predicted molar refractivity (Wildman–Crippen MR) is 220 cm³/mol. The molecule has 0 saturated heterocycles. The molecule has 56 heavy (non-hydrogen) atoms.